The molecule has 156 valence electrons. The summed E-state index contributed by atoms with van der Waals surface area (Å²) in [5.74, 6) is -0.760. The number of hydrogen-bond donors (Lipinski definition) is 3. The molecule has 1 rings (SSSR count). The molecule has 0 aromatic carbocycles. The van der Waals surface area contributed by atoms with Crippen molar-refractivity contribution in [3.63, 3.8) is 0 Å². The van der Waals surface area contributed by atoms with Gasteiger partial charge in [-0.2, -0.15) is 0 Å². The Balaban J connectivity index is 2.87. The van der Waals surface area contributed by atoms with Gasteiger partial charge >= 0.3 is 5.97 Å². The van der Waals surface area contributed by atoms with Crippen molar-refractivity contribution in [2.45, 2.75) is 40.5 Å². The highest BCUT2D eigenvalue weighted by atomic mass is 16.4. The summed E-state index contributed by atoms with van der Waals surface area (Å²) in [7, 11) is 0. The number of carbonyl (C=O) groups is 3. The largest absolute Gasteiger partial charge is 0.478 e. The minimum absolute atomic E-state index is 0.00393. The number of pyridine rings is 1. The van der Waals surface area contributed by atoms with Crippen molar-refractivity contribution in [1.29, 1.82) is 0 Å². The van der Waals surface area contributed by atoms with E-state index in [0.29, 0.717) is 17.8 Å². The number of carboxylic acid groups (broad SMARTS) is 1. The lowest BCUT2D eigenvalue weighted by atomic mass is 10.1. The number of nitrogens with zero attached hydrogens (tertiary/aromatic N) is 1. The zero-order valence-electron chi connectivity index (χ0n) is 17.4. The van der Waals surface area contributed by atoms with Crippen molar-refractivity contribution >= 4 is 30.1 Å². The molecule has 0 spiro atoms. The summed E-state index contributed by atoms with van der Waals surface area (Å²) in [5.41, 5.74) is 2.40. The maximum absolute atomic E-state index is 12.4. The summed E-state index contributed by atoms with van der Waals surface area (Å²) in [6.45, 7) is 9.02. The summed E-state index contributed by atoms with van der Waals surface area (Å²) in [6, 6.07) is 3.15. The Morgan fingerprint density at radius 3 is 2.52 bits per heavy atom. The first-order valence-electron chi connectivity index (χ1n) is 9.55. The van der Waals surface area contributed by atoms with E-state index in [1.54, 1.807) is 12.1 Å². The Hall–Kier alpha value is -3.22. The fraction of sp³-hybridized carbons (Fsp3) is 0.364. The van der Waals surface area contributed by atoms with Gasteiger partial charge in [0.05, 0.1) is 5.57 Å². The van der Waals surface area contributed by atoms with Crippen LogP contribution in [0.2, 0.25) is 0 Å². The second-order valence-electron chi connectivity index (χ2n) is 6.94. The highest BCUT2D eigenvalue weighted by molar-refractivity contribution is 6.16. The van der Waals surface area contributed by atoms with Gasteiger partial charge in [-0.3, -0.25) is 9.59 Å². The van der Waals surface area contributed by atoms with Crippen LogP contribution in [-0.2, 0) is 14.4 Å². The number of anilines is 1. The van der Waals surface area contributed by atoms with Gasteiger partial charge in [0.15, 0.2) is 6.29 Å². The van der Waals surface area contributed by atoms with Gasteiger partial charge in [-0.15, -0.1) is 0 Å². The molecule has 0 aliphatic carbocycles. The van der Waals surface area contributed by atoms with Crippen LogP contribution in [0.5, 0.6) is 0 Å². The number of amides is 1. The van der Waals surface area contributed by atoms with Crippen LogP contribution in [0, 0.1) is 5.92 Å². The Bertz CT molecular complexity index is 806. The molecule has 0 aliphatic rings. The van der Waals surface area contributed by atoms with E-state index >= 15 is 0 Å². The van der Waals surface area contributed by atoms with Crippen LogP contribution < -0.4 is 10.6 Å². The molecule has 0 aliphatic heterocycles. The highest BCUT2D eigenvalue weighted by Gasteiger charge is 2.11. The average molecular weight is 399 g/mol. The molecule has 1 aromatic rings. The first-order chi connectivity index (χ1) is 13.8. The van der Waals surface area contributed by atoms with Crippen molar-refractivity contribution in [2.75, 3.05) is 11.9 Å². The van der Waals surface area contributed by atoms with Crippen LogP contribution >= 0.6 is 0 Å². The fourth-order valence-corrected chi connectivity index (χ4v) is 2.46. The van der Waals surface area contributed by atoms with E-state index < -0.39 is 11.9 Å². The summed E-state index contributed by atoms with van der Waals surface area (Å²) in [4.78, 5) is 38.4. The topological polar surface area (TPSA) is 108 Å². The quantitative estimate of drug-likeness (QED) is 0.173. The zero-order chi connectivity index (χ0) is 21.8. The molecule has 29 heavy (non-hydrogen) atoms. The molecule has 0 saturated heterocycles. The van der Waals surface area contributed by atoms with E-state index in [0.717, 1.165) is 36.7 Å². The number of allylic oxidation sites excluding steroid dienone is 3. The van der Waals surface area contributed by atoms with Crippen molar-refractivity contribution in [2.24, 2.45) is 5.92 Å². The van der Waals surface area contributed by atoms with Crippen molar-refractivity contribution < 1.29 is 19.5 Å². The number of hydrogen-bond acceptors (Lipinski definition) is 5. The molecule has 0 atom stereocenters. The van der Waals surface area contributed by atoms with Gasteiger partial charge in [0.25, 0.3) is 5.91 Å². The molecule has 1 aromatic heterocycles. The smallest absolute Gasteiger partial charge is 0.328 e. The molecule has 3 N–H and O–H groups in total. The van der Waals surface area contributed by atoms with Crippen LogP contribution in [0.4, 0.5) is 5.82 Å². The standard InChI is InChI=1S/C22H29N3O4/c1-5-19(23-11-10-15(2)3)16(4)12-18(14-26)22(29)25-20-8-6-17(13-24-20)7-9-21(27)28/h6-9,12-15,23H,5,10-11H2,1-4H3,(H,27,28)(H,24,25,29)/b9-7+,18-12+,19-16-. The van der Waals surface area contributed by atoms with E-state index in [4.69, 9.17) is 5.11 Å². The number of carbonyl (C=O) groups excluding carboxylic acids is 2. The molecular weight excluding hydrogens is 370 g/mol. The second-order valence-corrected chi connectivity index (χ2v) is 6.94. The Morgan fingerprint density at radius 2 is 2.00 bits per heavy atom. The van der Waals surface area contributed by atoms with E-state index in [1.807, 2.05) is 13.8 Å². The zero-order valence-corrected chi connectivity index (χ0v) is 17.4. The number of carboxylic acids is 1. The van der Waals surface area contributed by atoms with Crippen LogP contribution in [0.25, 0.3) is 6.08 Å². The lowest BCUT2D eigenvalue weighted by Crippen LogP contribution is -2.19. The molecule has 0 fully saturated rings. The minimum atomic E-state index is -1.06. The molecule has 0 bridgehead atoms. The highest BCUT2D eigenvalue weighted by Crippen LogP contribution is 2.12. The van der Waals surface area contributed by atoms with Gasteiger partial charge in [-0.1, -0.05) is 20.8 Å². The monoisotopic (exact) mass is 399 g/mol. The number of nitrogens with one attached hydrogen (secondary N) is 2. The first-order valence-corrected chi connectivity index (χ1v) is 9.55. The van der Waals surface area contributed by atoms with Crippen LogP contribution in [-0.4, -0.2) is 34.8 Å². The Kier molecular flexibility index (Phi) is 10.1. The van der Waals surface area contributed by atoms with Crippen molar-refractivity contribution in [3.05, 3.63) is 52.9 Å². The predicted octanol–water partition coefficient (Wildman–Crippen LogP) is 3.56. The van der Waals surface area contributed by atoms with E-state index in [1.165, 1.54) is 18.3 Å². The molecule has 1 amide bonds. The fourth-order valence-electron chi connectivity index (χ4n) is 2.46. The van der Waals surface area contributed by atoms with Crippen LogP contribution in [0.3, 0.4) is 0 Å². The summed E-state index contributed by atoms with van der Waals surface area (Å²) in [5, 5.41) is 14.6. The maximum atomic E-state index is 12.4. The van der Waals surface area contributed by atoms with Gasteiger partial charge in [0, 0.05) is 24.5 Å². The second kappa shape index (κ2) is 12.3. The van der Waals surface area contributed by atoms with Gasteiger partial charge in [-0.25, -0.2) is 9.78 Å². The molecule has 1 heterocycles. The van der Waals surface area contributed by atoms with Gasteiger partial charge in [0.2, 0.25) is 0 Å². The molecule has 0 saturated carbocycles. The van der Waals surface area contributed by atoms with E-state index in [-0.39, 0.29) is 11.4 Å². The summed E-state index contributed by atoms with van der Waals surface area (Å²) >= 11 is 0. The van der Waals surface area contributed by atoms with E-state index in [9.17, 15) is 14.4 Å². The molecule has 0 unspecified atom stereocenters. The first kappa shape index (κ1) is 23.8. The van der Waals surface area contributed by atoms with Crippen molar-refractivity contribution in [3.8, 4) is 0 Å². The normalized spacial score (nSPS) is 12.7. The third-order valence-electron chi connectivity index (χ3n) is 4.10. The van der Waals surface area contributed by atoms with Gasteiger partial charge < -0.3 is 15.7 Å². The molecule has 7 nitrogen and oxygen atoms in total. The third-order valence-corrected chi connectivity index (χ3v) is 4.10. The van der Waals surface area contributed by atoms with Gasteiger partial charge in [-0.05, 0) is 61.1 Å². The van der Waals surface area contributed by atoms with E-state index in [2.05, 4.69) is 29.5 Å². The molecular formula is C22H29N3O4. The Morgan fingerprint density at radius 1 is 1.28 bits per heavy atom. The predicted molar refractivity (Wildman–Crippen MR) is 114 cm³/mol. The number of aliphatic carboxylic acids is 1. The summed E-state index contributed by atoms with van der Waals surface area (Å²) in [6.07, 6.45) is 7.70. The average Bonchev–Trinajstić information content (AvgIpc) is 2.68. The van der Waals surface area contributed by atoms with Crippen LogP contribution in [0.15, 0.2) is 47.3 Å². The maximum Gasteiger partial charge on any atom is 0.328 e. The lowest BCUT2D eigenvalue weighted by Gasteiger charge is -2.13. The molecule has 0 radical (unpaired) electrons. The number of rotatable bonds is 11. The number of aromatic nitrogens is 1. The lowest BCUT2D eigenvalue weighted by molar-refractivity contribution is -0.131. The minimum Gasteiger partial charge on any atom is -0.478 e. The third kappa shape index (κ3) is 9.01. The number of aldehydes is 1. The van der Waals surface area contributed by atoms with Crippen molar-refractivity contribution in [1.82, 2.24) is 10.3 Å². The Labute approximate surface area is 171 Å². The van der Waals surface area contributed by atoms with Gasteiger partial charge in [0.1, 0.15) is 5.82 Å². The molecule has 7 heteroatoms. The van der Waals surface area contributed by atoms with Crippen LogP contribution in [0.1, 0.15) is 46.1 Å². The summed E-state index contributed by atoms with van der Waals surface area (Å²) < 4.78 is 0. The SMILES string of the molecule is CC/C(NCCC(C)C)=C(C)/C=C(\C=O)C(=O)Nc1ccc(/C=C/C(=O)O)cn1.